The van der Waals surface area contributed by atoms with Crippen molar-refractivity contribution in [2.24, 2.45) is 0 Å². The van der Waals surface area contributed by atoms with Gasteiger partial charge in [-0.3, -0.25) is 25.8 Å². The third-order valence-corrected chi connectivity index (χ3v) is 0.289. The predicted molar refractivity (Wildman–Crippen MR) is 45.7 cm³/mol. The first-order valence-electron chi connectivity index (χ1n) is 1.85. The average molecular weight is 252 g/mol. The summed E-state index contributed by atoms with van der Waals surface area (Å²) in [6.45, 7) is 0. The zero-order valence-corrected chi connectivity index (χ0v) is 8.04. The standard InChI is InChI=1S/C3H5.2BrH.2Mg.2H/c1-2-3-1;;;;;;/h1H,2-3H2;2*1H;;;;/q;;;;+2;;/p-2. The Morgan fingerprint density at radius 1 is 1.29 bits per heavy atom. The molecule has 0 nitrogen and oxygen atoms in total. The molecule has 0 spiro atoms. The van der Waals surface area contributed by atoms with Gasteiger partial charge in [0, 0.05) is 0 Å². The Kier molecular flexibility index (Phi) is 19.7. The summed E-state index contributed by atoms with van der Waals surface area (Å²) in [4.78, 5) is 0. The summed E-state index contributed by atoms with van der Waals surface area (Å²) in [6.07, 6.45) is 5.00. The van der Waals surface area contributed by atoms with Crippen molar-refractivity contribution in [2.75, 3.05) is 0 Å². The maximum absolute atomic E-state index is 3.20. The topological polar surface area (TPSA) is 0 Å². The highest BCUT2D eigenvalue weighted by molar-refractivity contribution is 9.47. The Bertz CT molecular complexity index is 22.1. The normalized spacial score (nSPS) is 11.7. The molecule has 1 fully saturated rings. The van der Waals surface area contributed by atoms with Crippen LogP contribution in [0.4, 0.5) is 0 Å². The Balaban J connectivity index is 0. The van der Waals surface area contributed by atoms with Crippen LogP contribution < -0.4 is 0 Å². The van der Waals surface area contributed by atoms with E-state index in [4.69, 9.17) is 0 Å². The van der Waals surface area contributed by atoms with Crippen molar-refractivity contribution in [2.45, 2.75) is 12.8 Å². The molecule has 0 heterocycles. The molecule has 0 amide bonds. The van der Waals surface area contributed by atoms with Gasteiger partial charge in [0.1, 0.15) is 0 Å². The fourth-order valence-electron chi connectivity index (χ4n) is 0. The van der Waals surface area contributed by atoms with E-state index in [1.165, 1.54) is 12.8 Å². The first-order chi connectivity index (χ1) is 2.91. The molecule has 0 unspecified atom stereocenters. The fraction of sp³-hybridized carbons (Fsp3) is 0.667. The SMILES string of the molecule is [Br][Mg][Br].[CH]1CC1.[MgH2]. The Morgan fingerprint density at radius 2 is 1.43 bits per heavy atom. The van der Waals surface area contributed by atoms with E-state index < -0.39 is 0 Å². The lowest BCUT2D eigenvalue weighted by molar-refractivity contribution is 1.50. The summed E-state index contributed by atoms with van der Waals surface area (Å²) in [5, 5.41) is 0. The summed E-state index contributed by atoms with van der Waals surface area (Å²) < 4.78 is 0. The van der Waals surface area contributed by atoms with Crippen LogP contribution in [0, 0.1) is 6.42 Å². The van der Waals surface area contributed by atoms with Crippen LogP contribution in [-0.4, -0.2) is 39.1 Å². The van der Waals surface area contributed by atoms with E-state index in [1.807, 2.05) is 0 Å². The van der Waals surface area contributed by atoms with E-state index in [2.05, 4.69) is 32.2 Å². The van der Waals surface area contributed by atoms with Gasteiger partial charge in [-0.2, -0.15) is 0 Å². The van der Waals surface area contributed by atoms with Crippen LogP contribution in [0.25, 0.3) is 0 Å². The van der Waals surface area contributed by atoms with Crippen LogP contribution in [0.1, 0.15) is 12.8 Å². The van der Waals surface area contributed by atoms with Gasteiger partial charge in [0.2, 0.25) is 0 Å². The maximum atomic E-state index is 3.20. The monoisotopic (exact) mass is 249 g/mol. The van der Waals surface area contributed by atoms with E-state index >= 15 is 0 Å². The molecule has 0 aromatic carbocycles. The second kappa shape index (κ2) is 11.3. The highest BCUT2D eigenvalue weighted by atomic mass is 79.9. The van der Waals surface area contributed by atoms with Crippen molar-refractivity contribution in [1.29, 1.82) is 0 Å². The van der Waals surface area contributed by atoms with Crippen LogP contribution in [0.2, 0.25) is 0 Å². The Morgan fingerprint density at radius 3 is 1.43 bits per heavy atom. The van der Waals surface area contributed by atoms with Crippen LogP contribution in [0.15, 0.2) is 0 Å². The van der Waals surface area contributed by atoms with Gasteiger partial charge in [-0.05, 0) is 19.3 Å². The molecule has 4 heteroatoms. The maximum Gasteiger partial charge on any atom is 0.560 e. The minimum atomic E-state index is 0. The molecule has 0 aromatic rings. The van der Waals surface area contributed by atoms with Crippen molar-refractivity contribution in [1.82, 2.24) is 0 Å². The molecule has 7 heavy (non-hydrogen) atoms. The number of hydrogen-bond acceptors (Lipinski definition) is 0. The van der Waals surface area contributed by atoms with Gasteiger partial charge in [-0.25, -0.2) is 0 Å². The van der Waals surface area contributed by atoms with Crippen molar-refractivity contribution in [3.05, 3.63) is 6.42 Å². The summed E-state index contributed by atoms with van der Waals surface area (Å²) in [7, 11) is 0. The fourth-order valence-corrected chi connectivity index (χ4v) is 0. The molecule has 1 radical (unpaired) electrons. The molecule has 1 aliphatic rings. The Labute approximate surface area is 82.8 Å². The van der Waals surface area contributed by atoms with Crippen molar-refractivity contribution in [3.8, 4) is 0 Å². The molecule has 37 valence electrons. The first-order valence-corrected chi connectivity index (χ1v) is 9.65. The third-order valence-electron chi connectivity index (χ3n) is 0.289. The lowest BCUT2D eigenvalue weighted by Crippen LogP contribution is -1.31. The highest BCUT2D eigenvalue weighted by Crippen LogP contribution is 2.12. The molecule has 0 aliphatic heterocycles. The van der Waals surface area contributed by atoms with Gasteiger partial charge in [-0.15, -0.1) is 0 Å². The molecule has 0 bridgehead atoms. The Hall–Kier alpha value is 2.49. The quantitative estimate of drug-likeness (QED) is 0.571. The third kappa shape index (κ3) is 29.3. The summed E-state index contributed by atoms with van der Waals surface area (Å²) in [5.74, 6) is 0. The van der Waals surface area contributed by atoms with Gasteiger partial charge in [0.05, 0.1) is 0 Å². The average Bonchev–Trinajstić information content (AvgIpc) is 2.11. The summed E-state index contributed by atoms with van der Waals surface area (Å²) in [5.41, 5.74) is 0. The number of rotatable bonds is 0. The van der Waals surface area contributed by atoms with E-state index in [1.54, 1.807) is 0 Å². The van der Waals surface area contributed by atoms with Crippen LogP contribution in [0.3, 0.4) is 0 Å². The summed E-state index contributed by atoms with van der Waals surface area (Å²) >= 11 is 6.44. The van der Waals surface area contributed by atoms with Gasteiger partial charge in [0.25, 0.3) is 0 Å². The van der Waals surface area contributed by atoms with Crippen molar-refractivity contribution >= 4 is 64.8 Å². The van der Waals surface area contributed by atoms with Gasteiger partial charge in [-0.1, -0.05) is 0 Å². The molecule has 0 aromatic heterocycles. The highest BCUT2D eigenvalue weighted by Gasteiger charge is 1.95. The minimum absolute atomic E-state index is 0. The molecule has 0 atom stereocenters. The number of hydrogen-bond donors (Lipinski definition) is 0. The van der Waals surface area contributed by atoms with Crippen LogP contribution in [-0.2, 0) is 0 Å². The molecule has 0 saturated heterocycles. The predicted octanol–water partition coefficient (Wildman–Crippen LogP) is 1.38. The van der Waals surface area contributed by atoms with E-state index in [0.717, 1.165) is 0 Å². The lowest BCUT2D eigenvalue weighted by atomic mass is 11.0. The van der Waals surface area contributed by atoms with Gasteiger partial charge in [0.15, 0.2) is 0 Å². The van der Waals surface area contributed by atoms with Crippen molar-refractivity contribution in [3.63, 3.8) is 0 Å². The minimum Gasteiger partial charge on any atom is -0.280 e. The molecule has 0 N–H and O–H groups in total. The molecule has 1 saturated carbocycles. The zero-order valence-electron chi connectivity index (χ0n) is 3.45. The van der Waals surface area contributed by atoms with Crippen LogP contribution in [0.5, 0.6) is 0 Å². The van der Waals surface area contributed by atoms with E-state index in [0.29, 0.717) is 0 Å². The molecule has 1 rings (SSSR count). The van der Waals surface area contributed by atoms with Crippen molar-refractivity contribution < 1.29 is 0 Å². The smallest absolute Gasteiger partial charge is 0.280 e. The molecule has 1 aliphatic carbocycles. The number of halogens is 2. The van der Waals surface area contributed by atoms with E-state index in [-0.39, 0.29) is 39.1 Å². The van der Waals surface area contributed by atoms with Gasteiger partial charge < -0.3 is 0 Å². The lowest BCUT2D eigenvalue weighted by Gasteiger charge is -1.33. The zero-order chi connectivity index (χ0) is 4.83. The molecular formula is C3H7Br2Mg2. The second-order valence-corrected chi connectivity index (χ2v) is 9.05. The summed E-state index contributed by atoms with van der Waals surface area (Å²) in [6, 6.07) is 0. The molecular weight excluding hydrogens is 244 g/mol. The largest absolute Gasteiger partial charge is 0.560 e. The first kappa shape index (κ1) is 12.2. The van der Waals surface area contributed by atoms with Crippen LogP contribution >= 0.6 is 25.8 Å². The van der Waals surface area contributed by atoms with E-state index in [9.17, 15) is 0 Å². The second-order valence-electron chi connectivity index (χ2n) is 0.967. The van der Waals surface area contributed by atoms with Gasteiger partial charge >= 0.3 is 39.1 Å².